The Morgan fingerprint density at radius 2 is 1.76 bits per heavy atom. The van der Waals surface area contributed by atoms with E-state index in [0.717, 1.165) is 30.3 Å². The average molecular weight is 284 g/mol. The van der Waals surface area contributed by atoms with Gasteiger partial charge in [0.2, 0.25) is 0 Å². The van der Waals surface area contributed by atoms with E-state index in [9.17, 15) is 0 Å². The Labute approximate surface area is 127 Å². The van der Waals surface area contributed by atoms with E-state index in [1.807, 2.05) is 32.1 Å². The maximum absolute atomic E-state index is 4.59. The van der Waals surface area contributed by atoms with Gasteiger partial charge >= 0.3 is 0 Å². The molecule has 0 unspecified atom stereocenters. The van der Waals surface area contributed by atoms with Gasteiger partial charge in [-0.05, 0) is 50.2 Å². The molecule has 0 bridgehead atoms. The molecule has 2 aromatic heterocycles. The van der Waals surface area contributed by atoms with Crippen LogP contribution in [0, 0.1) is 13.8 Å². The van der Waals surface area contributed by atoms with Crippen LogP contribution in [0.1, 0.15) is 22.5 Å². The first-order valence-electron chi connectivity index (χ1n) is 7.19. The second-order valence-corrected chi connectivity index (χ2v) is 5.87. The highest BCUT2D eigenvalue weighted by Gasteiger charge is 2.05. The molecular weight excluding hydrogens is 260 g/mol. The zero-order chi connectivity index (χ0) is 15.4. The van der Waals surface area contributed by atoms with Crippen molar-refractivity contribution in [3.05, 3.63) is 53.0 Å². The molecule has 4 nitrogen and oxygen atoms in total. The van der Waals surface area contributed by atoms with Crippen molar-refractivity contribution < 1.29 is 0 Å². The number of hydrogen-bond acceptors (Lipinski definition) is 4. The monoisotopic (exact) mass is 284 g/mol. The third-order valence-electron chi connectivity index (χ3n) is 3.30. The minimum absolute atomic E-state index is 0.845. The van der Waals surface area contributed by atoms with Gasteiger partial charge in [0, 0.05) is 39.1 Å². The van der Waals surface area contributed by atoms with Crippen molar-refractivity contribution in [1.82, 2.24) is 14.9 Å². The van der Waals surface area contributed by atoms with Crippen LogP contribution in [-0.2, 0) is 13.1 Å². The van der Waals surface area contributed by atoms with Crippen LogP contribution in [0.25, 0.3) is 0 Å². The quantitative estimate of drug-likeness (QED) is 0.845. The number of nitrogens with zero attached hydrogens (tertiary/aromatic N) is 4. The molecular formula is C17H24N4. The Bertz CT molecular complexity index is 570. The van der Waals surface area contributed by atoms with E-state index >= 15 is 0 Å². The van der Waals surface area contributed by atoms with Crippen molar-refractivity contribution in [2.75, 3.05) is 26.0 Å². The third kappa shape index (κ3) is 4.53. The molecule has 2 heterocycles. The minimum Gasteiger partial charge on any atom is -0.363 e. The van der Waals surface area contributed by atoms with Crippen molar-refractivity contribution in [2.45, 2.75) is 26.9 Å². The zero-order valence-electron chi connectivity index (χ0n) is 13.6. The van der Waals surface area contributed by atoms with E-state index in [1.54, 1.807) is 0 Å². The normalized spacial score (nSPS) is 11.0. The fourth-order valence-corrected chi connectivity index (χ4v) is 2.42. The molecule has 0 aliphatic carbocycles. The van der Waals surface area contributed by atoms with Crippen LogP contribution in [0.3, 0.4) is 0 Å². The molecule has 0 fully saturated rings. The summed E-state index contributed by atoms with van der Waals surface area (Å²) in [4.78, 5) is 13.3. The summed E-state index contributed by atoms with van der Waals surface area (Å²) >= 11 is 0. The van der Waals surface area contributed by atoms with Crippen LogP contribution in [-0.4, -0.2) is 36.0 Å². The molecule has 0 spiro atoms. The van der Waals surface area contributed by atoms with Gasteiger partial charge in [0.1, 0.15) is 5.82 Å². The number of anilines is 1. The molecule has 0 aromatic carbocycles. The first kappa shape index (κ1) is 15.4. The van der Waals surface area contributed by atoms with Gasteiger partial charge in [0.25, 0.3) is 0 Å². The first-order valence-corrected chi connectivity index (χ1v) is 7.19. The summed E-state index contributed by atoms with van der Waals surface area (Å²) in [5, 5.41) is 0. The van der Waals surface area contributed by atoms with Crippen LogP contribution in [0.4, 0.5) is 5.82 Å². The highest BCUT2D eigenvalue weighted by Crippen LogP contribution is 2.11. The van der Waals surface area contributed by atoms with Gasteiger partial charge in [-0.3, -0.25) is 9.88 Å². The first-order chi connectivity index (χ1) is 9.94. The largest absolute Gasteiger partial charge is 0.363 e. The second-order valence-electron chi connectivity index (χ2n) is 5.87. The van der Waals surface area contributed by atoms with E-state index in [2.05, 4.69) is 53.1 Å². The highest BCUT2D eigenvalue weighted by atomic mass is 15.1. The van der Waals surface area contributed by atoms with Crippen molar-refractivity contribution in [3.63, 3.8) is 0 Å². The Morgan fingerprint density at radius 1 is 1.00 bits per heavy atom. The summed E-state index contributed by atoms with van der Waals surface area (Å²) < 4.78 is 0. The summed E-state index contributed by atoms with van der Waals surface area (Å²) in [6, 6.07) is 8.44. The van der Waals surface area contributed by atoms with Gasteiger partial charge in [0.05, 0.1) is 5.69 Å². The standard InChI is InChI=1S/C17H24N4/c1-13-8-14(2)19-16(9-13)12-21(5)11-15-6-7-17(18-10-15)20(3)4/h6-10H,11-12H2,1-5H3. The lowest BCUT2D eigenvalue weighted by molar-refractivity contribution is 0.314. The molecule has 0 aliphatic rings. The Morgan fingerprint density at radius 3 is 2.33 bits per heavy atom. The number of aromatic nitrogens is 2. The van der Waals surface area contributed by atoms with Crippen LogP contribution in [0.15, 0.2) is 30.5 Å². The Hall–Kier alpha value is -1.94. The summed E-state index contributed by atoms with van der Waals surface area (Å²) in [5.74, 6) is 0.984. The fraction of sp³-hybridized carbons (Fsp3) is 0.412. The van der Waals surface area contributed by atoms with E-state index < -0.39 is 0 Å². The molecule has 0 saturated carbocycles. The number of rotatable bonds is 5. The van der Waals surface area contributed by atoms with E-state index in [-0.39, 0.29) is 0 Å². The molecule has 0 radical (unpaired) electrons. The zero-order valence-corrected chi connectivity index (χ0v) is 13.6. The van der Waals surface area contributed by atoms with Crippen LogP contribution in [0.2, 0.25) is 0 Å². The number of hydrogen-bond donors (Lipinski definition) is 0. The van der Waals surface area contributed by atoms with Crippen molar-refractivity contribution in [3.8, 4) is 0 Å². The van der Waals surface area contributed by atoms with Crippen LogP contribution >= 0.6 is 0 Å². The topological polar surface area (TPSA) is 32.3 Å². The predicted molar refractivity (Wildman–Crippen MR) is 87.4 cm³/mol. The summed E-state index contributed by atoms with van der Waals surface area (Å²) in [6.45, 7) is 5.87. The maximum atomic E-state index is 4.59. The van der Waals surface area contributed by atoms with Crippen molar-refractivity contribution in [2.24, 2.45) is 0 Å². The summed E-state index contributed by atoms with van der Waals surface area (Å²) in [6.07, 6.45) is 1.95. The predicted octanol–water partition coefficient (Wildman–Crippen LogP) is 2.79. The molecule has 21 heavy (non-hydrogen) atoms. The maximum Gasteiger partial charge on any atom is 0.127 e. The van der Waals surface area contributed by atoms with E-state index in [0.29, 0.717) is 0 Å². The molecule has 2 aromatic rings. The molecule has 4 heteroatoms. The van der Waals surface area contributed by atoms with Gasteiger partial charge in [-0.2, -0.15) is 0 Å². The Kier molecular flexibility index (Phi) is 4.91. The molecule has 2 rings (SSSR count). The Balaban J connectivity index is 1.99. The third-order valence-corrected chi connectivity index (χ3v) is 3.30. The summed E-state index contributed by atoms with van der Waals surface area (Å²) in [7, 11) is 6.11. The van der Waals surface area contributed by atoms with Crippen LogP contribution < -0.4 is 4.90 Å². The lowest BCUT2D eigenvalue weighted by Crippen LogP contribution is -2.18. The fourth-order valence-electron chi connectivity index (χ4n) is 2.42. The van der Waals surface area contributed by atoms with Gasteiger partial charge < -0.3 is 4.90 Å². The van der Waals surface area contributed by atoms with E-state index in [1.165, 1.54) is 11.1 Å². The molecule has 0 amide bonds. The molecule has 112 valence electrons. The average Bonchev–Trinajstić information content (AvgIpc) is 2.37. The van der Waals surface area contributed by atoms with Crippen LogP contribution in [0.5, 0.6) is 0 Å². The highest BCUT2D eigenvalue weighted by molar-refractivity contribution is 5.37. The SMILES string of the molecule is Cc1cc(C)nc(CN(C)Cc2ccc(N(C)C)nc2)c1. The molecule has 0 N–H and O–H groups in total. The lowest BCUT2D eigenvalue weighted by atomic mass is 10.2. The van der Waals surface area contributed by atoms with Crippen molar-refractivity contribution >= 4 is 5.82 Å². The second kappa shape index (κ2) is 6.68. The summed E-state index contributed by atoms with van der Waals surface area (Å²) in [5.41, 5.74) is 4.68. The lowest BCUT2D eigenvalue weighted by Gasteiger charge is -2.17. The number of pyridine rings is 2. The van der Waals surface area contributed by atoms with E-state index in [4.69, 9.17) is 0 Å². The molecule has 0 saturated heterocycles. The minimum atomic E-state index is 0.845. The van der Waals surface area contributed by atoms with Gasteiger partial charge in [0.15, 0.2) is 0 Å². The van der Waals surface area contributed by atoms with Gasteiger partial charge in [-0.25, -0.2) is 4.98 Å². The smallest absolute Gasteiger partial charge is 0.127 e. The van der Waals surface area contributed by atoms with Crippen molar-refractivity contribution in [1.29, 1.82) is 0 Å². The number of aryl methyl sites for hydroxylation is 2. The molecule has 0 atom stereocenters. The molecule has 0 aliphatic heterocycles. The van der Waals surface area contributed by atoms with Gasteiger partial charge in [-0.1, -0.05) is 6.07 Å². The van der Waals surface area contributed by atoms with Gasteiger partial charge in [-0.15, -0.1) is 0 Å².